The molecule has 1 rings (SSSR count). The molecule has 0 saturated carbocycles. The molecule has 0 atom stereocenters. The van der Waals surface area contributed by atoms with Gasteiger partial charge in [0.15, 0.2) is 0 Å². The fraction of sp³-hybridized carbons (Fsp3) is 0.222. The zero-order valence-electron chi connectivity index (χ0n) is 6.72. The summed E-state index contributed by atoms with van der Waals surface area (Å²) in [6.45, 7) is 3.81. The largest absolute Gasteiger partial charge is 0.366 e. The summed E-state index contributed by atoms with van der Waals surface area (Å²) < 4.78 is 0. The molecule has 0 heterocycles. The third kappa shape index (κ3) is 1.58. The third-order valence-corrected chi connectivity index (χ3v) is 1.66. The molecular formula is C9H11NO. The lowest BCUT2D eigenvalue weighted by Crippen LogP contribution is -2.12. The molecule has 0 radical (unpaired) electrons. The lowest BCUT2D eigenvalue weighted by molar-refractivity contribution is 0.0999. The Labute approximate surface area is 66.0 Å². The predicted octanol–water partition coefficient (Wildman–Crippen LogP) is 1.40. The summed E-state index contributed by atoms with van der Waals surface area (Å²) in [5.41, 5.74) is 7.75. The Kier molecular flexibility index (Phi) is 1.94. The number of rotatable bonds is 1. The molecule has 0 spiro atoms. The highest BCUT2D eigenvalue weighted by Crippen LogP contribution is 2.08. The first-order valence-corrected chi connectivity index (χ1v) is 3.48. The number of benzene rings is 1. The topological polar surface area (TPSA) is 43.1 Å². The van der Waals surface area contributed by atoms with E-state index >= 15 is 0 Å². The van der Waals surface area contributed by atoms with Gasteiger partial charge in [-0.1, -0.05) is 17.7 Å². The molecule has 0 bridgehead atoms. The summed E-state index contributed by atoms with van der Waals surface area (Å²) in [6.07, 6.45) is 0. The predicted molar refractivity (Wildman–Crippen MR) is 44.4 cm³/mol. The molecule has 2 N–H and O–H groups in total. The Morgan fingerprint density at radius 2 is 2.00 bits per heavy atom. The van der Waals surface area contributed by atoms with Crippen molar-refractivity contribution in [2.24, 2.45) is 5.73 Å². The van der Waals surface area contributed by atoms with Crippen molar-refractivity contribution < 1.29 is 4.79 Å². The Hall–Kier alpha value is -1.31. The van der Waals surface area contributed by atoms with Crippen LogP contribution in [0, 0.1) is 13.8 Å². The van der Waals surface area contributed by atoms with Gasteiger partial charge in [-0.3, -0.25) is 4.79 Å². The van der Waals surface area contributed by atoms with E-state index in [4.69, 9.17) is 5.73 Å². The van der Waals surface area contributed by atoms with E-state index in [0.29, 0.717) is 5.56 Å². The van der Waals surface area contributed by atoms with E-state index in [1.807, 2.05) is 26.0 Å². The number of hydrogen-bond acceptors (Lipinski definition) is 1. The Balaban J connectivity index is 3.23. The smallest absolute Gasteiger partial charge is 0.248 e. The quantitative estimate of drug-likeness (QED) is 0.644. The molecule has 11 heavy (non-hydrogen) atoms. The van der Waals surface area contributed by atoms with E-state index in [1.165, 1.54) is 0 Å². The van der Waals surface area contributed by atoms with E-state index in [-0.39, 0.29) is 5.91 Å². The van der Waals surface area contributed by atoms with Gasteiger partial charge in [0.1, 0.15) is 0 Å². The Bertz CT molecular complexity index is 292. The number of nitrogens with two attached hydrogens (primary N) is 1. The van der Waals surface area contributed by atoms with Gasteiger partial charge in [-0.2, -0.15) is 0 Å². The van der Waals surface area contributed by atoms with Crippen LogP contribution in [0.15, 0.2) is 18.2 Å². The van der Waals surface area contributed by atoms with E-state index in [1.54, 1.807) is 6.07 Å². The van der Waals surface area contributed by atoms with Crippen molar-refractivity contribution in [1.29, 1.82) is 0 Å². The maximum Gasteiger partial charge on any atom is 0.248 e. The summed E-state index contributed by atoms with van der Waals surface area (Å²) in [5, 5.41) is 0. The summed E-state index contributed by atoms with van der Waals surface area (Å²) in [6, 6.07) is 5.66. The van der Waals surface area contributed by atoms with Gasteiger partial charge < -0.3 is 5.73 Å². The zero-order valence-corrected chi connectivity index (χ0v) is 6.72. The Morgan fingerprint density at radius 3 is 2.45 bits per heavy atom. The van der Waals surface area contributed by atoms with E-state index in [9.17, 15) is 4.79 Å². The second-order valence-electron chi connectivity index (χ2n) is 2.68. The second-order valence-corrected chi connectivity index (χ2v) is 2.68. The first-order valence-electron chi connectivity index (χ1n) is 3.48. The molecule has 58 valence electrons. The number of aryl methyl sites for hydroxylation is 2. The van der Waals surface area contributed by atoms with E-state index in [0.717, 1.165) is 11.1 Å². The molecular weight excluding hydrogens is 138 g/mol. The monoisotopic (exact) mass is 149 g/mol. The number of primary amides is 1. The molecule has 2 nitrogen and oxygen atoms in total. The van der Waals surface area contributed by atoms with E-state index < -0.39 is 0 Å². The van der Waals surface area contributed by atoms with Crippen molar-refractivity contribution in [3.8, 4) is 0 Å². The normalized spacial score (nSPS) is 9.64. The number of hydrogen-bond donors (Lipinski definition) is 1. The highest BCUT2D eigenvalue weighted by Gasteiger charge is 2.02. The van der Waals surface area contributed by atoms with Crippen LogP contribution in [0.3, 0.4) is 0 Å². The SMILES string of the molecule is Cc1ccc(C)c(C(N)=O)c1. The average Bonchev–Trinajstić information content (AvgIpc) is 1.94. The second kappa shape index (κ2) is 2.74. The van der Waals surface area contributed by atoms with Crippen molar-refractivity contribution in [2.45, 2.75) is 13.8 Å². The highest BCUT2D eigenvalue weighted by atomic mass is 16.1. The van der Waals surface area contributed by atoms with Crippen molar-refractivity contribution in [1.82, 2.24) is 0 Å². The maximum atomic E-state index is 10.8. The molecule has 0 aliphatic heterocycles. The molecule has 1 aromatic carbocycles. The van der Waals surface area contributed by atoms with Crippen LogP contribution in [0.5, 0.6) is 0 Å². The molecule has 2 heteroatoms. The van der Waals surface area contributed by atoms with Crippen LogP contribution in [0.4, 0.5) is 0 Å². The minimum absolute atomic E-state index is 0.355. The minimum atomic E-state index is -0.355. The fourth-order valence-corrected chi connectivity index (χ4v) is 1.00. The van der Waals surface area contributed by atoms with Crippen molar-refractivity contribution >= 4 is 5.91 Å². The van der Waals surface area contributed by atoms with Gasteiger partial charge >= 0.3 is 0 Å². The standard InChI is InChI=1S/C9H11NO/c1-6-3-4-7(2)8(5-6)9(10)11/h3-5H,1-2H3,(H2,10,11). The van der Waals surface area contributed by atoms with E-state index in [2.05, 4.69) is 0 Å². The first kappa shape index (κ1) is 7.79. The Morgan fingerprint density at radius 1 is 1.36 bits per heavy atom. The molecule has 0 saturated heterocycles. The summed E-state index contributed by atoms with van der Waals surface area (Å²) in [5.74, 6) is -0.355. The van der Waals surface area contributed by atoms with Crippen LogP contribution < -0.4 is 5.73 Å². The minimum Gasteiger partial charge on any atom is -0.366 e. The molecule has 0 unspecified atom stereocenters. The number of amides is 1. The van der Waals surface area contributed by atoms with Gasteiger partial charge in [-0.25, -0.2) is 0 Å². The lowest BCUT2D eigenvalue weighted by Gasteiger charge is -2.01. The van der Waals surface area contributed by atoms with Crippen LogP contribution >= 0.6 is 0 Å². The molecule has 1 aromatic rings. The lowest BCUT2D eigenvalue weighted by atomic mass is 10.1. The highest BCUT2D eigenvalue weighted by molar-refractivity contribution is 5.94. The van der Waals surface area contributed by atoms with Gasteiger partial charge in [0.2, 0.25) is 5.91 Å². The van der Waals surface area contributed by atoms with Crippen LogP contribution in [0.2, 0.25) is 0 Å². The molecule has 0 aliphatic rings. The summed E-state index contributed by atoms with van der Waals surface area (Å²) in [4.78, 5) is 10.8. The van der Waals surface area contributed by atoms with Gasteiger partial charge in [0, 0.05) is 5.56 Å². The van der Waals surface area contributed by atoms with Crippen LogP contribution in [0.1, 0.15) is 21.5 Å². The van der Waals surface area contributed by atoms with Crippen LogP contribution in [-0.2, 0) is 0 Å². The van der Waals surface area contributed by atoms with Gasteiger partial charge in [-0.15, -0.1) is 0 Å². The number of carbonyl (C=O) groups is 1. The molecule has 0 fully saturated rings. The van der Waals surface area contributed by atoms with Crippen LogP contribution in [-0.4, -0.2) is 5.91 Å². The average molecular weight is 149 g/mol. The van der Waals surface area contributed by atoms with Crippen LogP contribution in [0.25, 0.3) is 0 Å². The molecule has 0 aromatic heterocycles. The zero-order chi connectivity index (χ0) is 8.43. The fourth-order valence-electron chi connectivity index (χ4n) is 1.00. The maximum absolute atomic E-state index is 10.8. The third-order valence-electron chi connectivity index (χ3n) is 1.66. The summed E-state index contributed by atoms with van der Waals surface area (Å²) in [7, 11) is 0. The van der Waals surface area contributed by atoms with Crippen molar-refractivity contribution in [3.05, 3.63) is 34.9 Å². The summed E-state index contributed by atoms with van der Waals surface area (Å²) >= 11 is 0. The van der Waals surface area contributed by atoms with Gasteiger partial charge in [-0.05, 0) is 25.5 Å². The first-order chi connectivity index (χ1) is 5.11. The van der Waals surface area contributed by atoms with Gasteiger partial charge in [0.05, 0.1) is 0 Å². The molecule has 0 aliphatic carbocycles. The van der Waals surface area contributed by atoms with Crippen molar-refractivity contribution in [3.63, 3.8) is 0 Å². The van der Waals surface area contributed by atoms with Gasteiger partial charge in [0.25, 0.3) is 0 Å². The molecule has 1 amide bonds. The van der Waals surface area contributed by atoms with Crippen molar-refractivity contribution in [2.75, 3.05) is 0 Å². The number of carbonyl (C=O) groups excluding carboxylic acids is 1.